The van der Waals surface area contributed by atoms with E-state index in [-0.39, 0.29) is 18.7 Å². The van der Waals surface area contributed by atoms with Crippen LogP contribution in [0.5, 0.6) is 0 Å². The molecular weight excluding hydrogens is 999 g/mol. The fourth-order valence-corrected chi connectivity index (χ4v) is 9.04. The van der Waals surface area contributed by atoms with E-state index in [1.165, 1.54) is 90.9 Å². The lowest BCUT2D eigenvalue weighted by atomic mass is 9.94. The second kappa shape index (κ2) is 37.3. The molecule has 25 nitrogen and oxygen atoms in total. The maximum atomic E-state index is 13.5. The van der Waals surface area contributed by atoms with Crippen LogP contribution in [0.3, 0.4) is 0 Å². The average Bonchev–Trinajstić information content (AvgIpc) is 3.36. The first kappa shape index (κ1) is 67.5. The monoisotopic (exact) mass is 1090 g/mol. The first-order valence-corrected chi connectivity index (χ1v) is 27.3. The number of carboxylic acids is 1. The molecule has 2 heterocycles. The minimum atomic E-state index is -1.87. The molecule has 0 saturated carbocycles. The van der Waals surface area contributed by atoms with Crippen molar-refractivity contribution < 1.29 is 87.9 Å². The predicted octanol–water partition coefficient (Wildman–Crippen LogP) is -0.324. The lowest BCUT2D eigenvalue weighted by molar-refractivity contribution is -0.333. The Morgan fingerprint density at radius 1 is 0.592 bits per heavy atom. The van der Waals surface area contributed by atoms with Gasteiger partial charge >= 0.3 is 5.97 Å². The maximum Gasteiger partial charge on any atom is 0.326 e. The molecular formula is C51H91N7O18. The van der Waals surface area contributed by atoms with Crippen molar-refractivity contribution in [2.75, 3.05) is 19.8 Å². The van der Waals surface area contributed by atoms with Gasteiger partial charge in [-0.2, -0.15) is 0 Å². The highest BCUT2D eigenvalue weighted by molar-refractivity contribution is 5.92. The minimum absolute atomic E-state index is 0.0617. The molecule has 14 atom stereocenters. The molecule has 25 heteroatoms. The predicted molar refractivity (Wildman–Crippen MR) is 274 cm³/mol. The Morgan fingerprint density at radius 3 is 1.67 bits per heavy atom. The van der Waals surface area contributed by atoms with E-state index in [2.05, 4.69) is 38.8 Å². The normalized spacial score (nSPS) is 25.0. The van der Waals surface area contributed by atoms with Crippen molar-refractivity contribution in [2.24, 2.45) is 5.73 Å². The van der Waals surface area contributed by atoms with Crippen molar-refractivity contribution in [3.63, 3.8) is 0 Å². The molecule has 0 aromatic carbocycles. The largest absolute Gasteiger partial charge is 0.480 e. The maximum absolute atomic E-state index is 13.5. The number of ether oxygens (including phenoxy) is 4. The van der Waals surface area contributed by atoms with Crippen LogP contribution in [0.2, 0.25) is 0 Å². The zero-order chi connectivity index (χ0) is 56.7. The van der Waals surface area contributed by atoms with Crippen molar-refractivity contribution in [3.8, 4) is 0 Å². The molecule has 438 valence electrons. The van der Waals surface area contributed by atoms with Crippen LogP contribution in [0, 0.1) is 0 Å². The smallest absolute Gasteiger partial charge is 0.326 e. The number of amides is 7. The van der Waals surface area contributed by atoms with Crippen LogP contribution in [-0.4, -0.2) is 183 Å². The number of aliphatic hydroxyl groups is 5. The summed E-state index contributed by atoms with van der Waals surface area (Å²) in [6.45, 7) is 5.61. The molecule has 0 radical (unpaired) electrons. The minimum Gasteiger partial charge on any atom is -0.480 e. The Bertz CT molecular complexity index is 1780. The number of carbonyl (C=O) groups excluding carboxylic acids is 7. The Morgan fingerprint density at radius 2 is 1.14 bits per heavy atom. The third kappa shape index (κ3) is 25.2. The summed E-state index contributed by atoms with van der Waals surface area (Å²) in [7, 11) is 0. The molecule has 0 spiro atoms. The Hall–Kier alpha value is -4.60. The summed E-state index contributed by atoms with van der Waals surface area (Å²) < 4.78 is 23.3. The number of nitrogens with two attached hydrogens (primary N) is 1. The van der Waals surface area contributed by atoms with E-state index in [1.54, 1.807) is 0 Å². The van der Waals surface area contributed by atoms with Gasteiger partial charge in [-0.15, -0.1) is 0 Å². The molecule has 2 aliphatic heterocycles. The zero-order valence-corrected chi connectivity index (χ0v) is 45.2. The molecule has 2 fully saturated rings. The van der Waals surface area contributed by atoms with Crippen molar-refractivity contribution in [2.45, 2.75) is 255 Å². The number of hydrogen-bond donors (Lipinski definition) is 13. The lowest BCUT2D eigenvalue weighted by Crippen LogP contribution is -2.70. The van der Waals surface area contributed by atoms with Gasteiger partial charge in [-0.05, 0) is 46.0 Å². The number of aliphatic hydroxyl groups excluding tert-OH is 5. The van der Waals surface area contributed by atoms with Crippen LogP contribution in [0.4, 0.5) is 0 Å². The van der Waals surface area contributed by atoms with E-state index in [1.807, 2.05) is 0 Å². The molecule has 14 N–H and O–H groups in total. The third-order valence-electron chi connectivity index (χ3n) is 13.4. The topological polar surface area (TPSA) is 393 Å². The molecule has 2 aliphatic rings. The first-order valence-electron chi connectivity index (χ1n) is 27.3. The second-order valence-electron chi connectivity index (χ2n) is 20.0. The number of hydrogen-bond acceptors (Lipinski definition) is 17. The molecule has 76 heavy (non-hydrogen) atoms. The Labute approximate surface area is 446 Å². The molecule has 0 aliphatic carbocycles. The second-order valence-corrected chi connectivity index (χ2v) is 20.0. The molecule has 0 aromatic heterocycles. The molecule has 7 amide bonds. The van der Waals surface area contributed by atoms with Gasteiger partial charge in [-0.1, -0.05) is 96.8 Å². The summed E-state index contributed by atoms with van der Waals surface area (Å²) in [4.78, 5) is 101. The summed E-state index contributed by atoms with van der Waals surface area (Å²) in [6, 6.07) is -7.07. The van der Waals surface area contributed by atoms with Crippen molar-refractivity contribution in [1.82, 2.24) is 31.9 Å². The van der Waals surface area contributed by atoms with Gasteiger partial charge in [0.15, 0.2) is 12.6 Å². The zero-order valence-electron chi connectivity index (χ0n) is 45.2. The van der Waals surface area contributed by atoms with Crippen molar-refractivity contribution >= 4 is 47.3 Å². The summed E-state index contributed by atoms with van der Waals surface area (Å²) in [6.07, 6.45) is 4.50. The third-order valence-corrected chi connectivity index (χ3v) is 13.4. The number of rotatable bonds is 39. The lowest BCUT2D eigenvalue weighted by Gasteiger charge is -2.48. The van der Waals surface area contributed by atoms with Crippen LogP contribution in [0.15, 0.2) is 0 Å². The van der Waals surface area contributed by atoms with Gasteiger partial charge in [0.25, 0.3) is 0 Å². The molecule has 2 saturated heterocycles. The Balaban J connectivity index is 1.86. The van der Waals surface area contributed by atoms with Gasteiger partial charge < -0.3 is 87.2 Å². The Kier molecular flexibility index (Phi) is 33.1. The summed E-state index contributed by atoms with van der Waals surface area (Å²) >= 11 is 0. The van der Waals surface area contributed by atoms with Crippen LogP contribution < -0.4 is 37.6 Å². The van der Waals surface area contributed by atoms with Gasteiger partial charge in [0.05, 0.1) is 13.2 Å². The van der Waals surface area contributed by atoms with Gasteiger partial charge in [-0.25, -0.2) is 4.79 Å². The number of unbranched alkanes of at least 4 members (excludes halogenated alkanes) is 15. The molecule has 0 unspecified atom stereocenters. The fraction of sp³-hybridized carbons (Fsp3) is 0.843. The van der Waals surface area contributed by atoms with Crippen LogP contribution >= 0.6 is 0 Å². The van der Waals surface area contributed by atoms with Crippen molar-refractivity contribution in [1.29, 1.82) is 0 Å². The SMILES string of the molecule is CCCCCCCCCCCCCCCCCC(=O)NCCCC[C@@H](NC(=O)CC[C@@H](NC(=O)[C@H](C)NC(=O)[C@@H](C)O[C@@H]1[C@@H](NC(C)=O)[C@H](O)O[C@H](CO)[C@H]1O[C@@H]1O[C@H](CO)[C@@H](O)[C@H](O)[C@H]1NC(C)=O)C(N)=O)C(=O)O. The number of nitrogens with one attached hydrogen (secondary N) is 6. The van der Waals surface area contributed by atoms with E-state index in [9.17, 15) is 69.0 Å². The van der Waals surface area contributed by atoms with E-state index >= 15 is 0 Å². The van der Waals surface area contributed by atoms with E-state index in [0.717, 1.165) is 33.1 Å². The van der Waals surface area contributed by atoms with Gasteiger partial charge in [-0.3, -0.25) is 33.6 Å². The summed E-state index contributed by atoms with van der Waals surface area (Å²) in [5.74, 6) is -6.38. The van der Waals surface area contributed by atoms with Crippen molar-refractivity contribution in [3.05, 3.63) is 0 Å². The summed E-state index contributed by atoms with van der Waals surface area (Å²) in [5.41, 5.74) is 5.52. The van der Waals surface area contributed by atoms with Gasteiger partial charge in [0.1, 0.15) is 72.9 Å². The van der Waals surface area contributed by atoms with E-state index in [0.29, 0.717) is 25.8 Å². The number of carboxylic acid groups (broad SMARTS) is 1. The van der Waals surface area contributed by atoms with Crippen LogP contribution in [0.25, 0.3) is 0 Å². The highest BCUT2D eigenvalue weighted by atomic mass is 16.7. The van der Waals surface area contributed by atoms with E-state index < -0.39 is 147 Å². The fourth-order valence-electron chi connectivity index (χ4n) is 9.04. The highest BCUT2D eigenvalue weighted by Crippen LogP contribution is 2.31. The number of primary amides is 1. The first-order chi connectivity index (χ1) is 36.1. The highest BCUT2D eigenvalue weighted by Gasteiger charge is 2.53. The molecule has 2 rings (SSSR count). The van der Waals surface area contributed by atoms with Crippen LogP contribution in [0.1, 0.15) is 169 Å². The molecule has 0 bridgehead atoms. The van der Waals surface area contributed by atoms with E-state index in [4.69, 9.17) is 24.7 Å². The quantitative estimate of drug-likeness (QED) is 0.0351. The number of aliphatic carboxylic acids is 1. The average molecular weight is 1090 g/mol. The van der Waals surface area contributed by atoms with Gasteiger partial charge in [0.2, 0.25) is 41.4 Å². The number of carbonyl (C=O) groups is 8. The van der Waals surface area contributed by atoms with Gasteiger partial charge in [0, 0.05) is 33.2 Å². The molecule has 0 aromatic rings. The van der Waals surface area contributed by atoms with Crippen LogP contribution in [-0.2, 0) is 57.3 Å². The summed E-state index contributed by atoms with van der Waals surface area (Å²) in [5, 5.41) is 76.9. The standard InChI is InChI=1S/C51H91N7O18/c1-6-7-8-9-10-11-12-13-14-15-16-17-18-19-20-24-38(63)53-27-22-21-23-35(49(70)71)57-39(64)26-25-34(46(52)67)58-47(68)30(2)54-48(69)31(3)73-45-41(56-33(5)62)50(72)74-37(29-60)44(45)76-51-40(55-32(4)61)43(66)42(65)36(28-59)75-51/h30-31,34-37,40-45,50-51,59-60,65-66,72H,6-29H2,1-5H3,(H2,52,67)(H,53,63)(H,54,69)(H,55,61)(H,56,62)(H,57,64)(H,58,68)(H,70,71)/t30-,31+,34+,35+,36+,37+,40+,41+,42+,43+,44+,45+,50+,51-/m0/s1.